The van der Waals surface area contributed by atoms with E-state index < -0.39 is 13.0 Å². The van der Waals surface area contributed by atoms with Crippen LogP contribution in [0.15, 0.2) is 18.5 Å². The number of halogens is 2. The van der Waals surface area contributed by atoms with Crippen molar-refractivity contribution in [1.29, 1.82) is 0 Å². The summed E-state index contributed by atoms with van der Waals surface area (Å²) in [5, 5.41) is 3.31. The lowest BCUT2D eigenvalue weighted by Crippen LogP contribution is -2.17. The average molecular weight is 228 g/mol. The first kappa shape index (κ1) is 11.3. The average Bonchev–Trinajstić information content (AvgIpc) is 3.08. The molecule has 0 saturated heterocycles. The van der Waals surface area contributed by atoms with Gasteiger partial charge in [-0.25, -0.2) is 8.78 Å². The summed E-state index contributed by atoms with van der Waals surface area (Å²) in [7, 11) is 0. The number of pyridine rings is 1. The molecule has 0 unspecified atom stereocenters. The van der Waals surface area contributed by atoms with Gasteiger partial charge >= 0.3 is 0 Å². The van der Waals surface area contributed by atoms with Crippen LogP contribution in [0.2, 0.25) is 0 Å². The normalized spacial score (nSPS) is 15.4. The van der Waals surface area contributed by atoms with E-state index >= 15 is 0 Å². The molecule has 0 spiro atoms. The van der Waals surface area contributed by atoms with Gasteiger partial charge in [-0.1, -0.05) is 0 Å². The van der Waals surface area contributed by atoms with Crippen molar-refractivity contribution in [3.8, 4) is 5.75 Å². The smallest absolute Gasteiger partial charge is 0.272 e. The minimum atomic E-state index is -2.45. The molecule has 0 amide bonds. The summed E-state index contributed by atoms with van der Waals surface area (Å²) >= 11 is 0. The highest BCUT2D eigenvalue weighted by Gasteiger charge is 2.20. The minimum Gasteiger partial charge on any atom is -0.486 e. The molecular formula is C11H14F2N2O. The van der Waals surface area contributed by atoms with Crippen LogP contribution >= 0.6 is 0 Å². The standard InChI is InChI=1S/C11H14F2N2O/c12-11(13)7-16-10-6-14-4-3-8(10)5-15-9-1-2-9/h3-4,6,9,11,15H,1-2,5,7H2. The van der Waals surface area contributed by atoms with Crippen molar-refractivity contribution in [3.05, 3.63) is 24.0 Å². The van der Waals surface area contributed by atoms with Gasteiger partial charge in [0.05, 0.1) is 6.20 Å². The number of hydrogen-bond acceptors (Lipinski definition) is 3. The lowest BCUT2D eigenvalue weighted by molar-refractivity contribution is 0.0812. The molecule has 1 aliphatic carbocycles. The van der Waals surface area contributed by atoms with E-state index in [-0.39, 0.29) is 0 Å². The first-order valence-electron chi connectivity index (χ1n) is 5.33. The molecule has 0 bridgehead atoms. The molecule has 2 rings (SSSR count). The Labute approximate surface area is 92.8 Å². The quantitative estimate of drug-likeness (QED) is 0.808. The Kier molecular flexibility index (Phi) is 3.66. The monoisotopic (exact) mass is 228 g/mol. The van der Waals surface area contributed by atoms with E-state index in [1.807, 2.05) is 0 Å². The molecular weight excluding hydrogens is 214 g/mol. The predicted molar refractivity (Wildman–Crippen MR) is 55.6 cm³/mol. The highest BCUT2D eigenvalue weighted by atomic mass is 19.3. The predicted octanol–water partition coefficient (Wildman–Crippen LogP) is 1.98. The van der Waals surface area contributed by atoms with E-state index in [1.54, 1.807) is 12.3 Å². The van der Waals surface area contributed by atoms with Crippen molar-refractivity contribution in [1.82, 2.24) is 10.3 Å². The Bertz CT molecular complexity index is 318. The van der Waals surface area contributed by atoms with Crippen LogP contribution in [0, 0.1) is 0 Å². The zero-order chi connectivity index (χ0) is 11.4. The summed E-state index contributed by atoms with van der Waals surface area (Å²) in [6.07, 6.45) is 3.05. The zero-order valence-electron chi connectivity index (χ0n) is 8.83. The Morgan fingerprint density at radius 2 is 2.31 bits per heavy atom. The molecule has 1 N–H and O–H groups in total. The van der Waals surface area contributed by atoms with Crippen LogP contribution in [0.3, 0.4) is 0 Å². The highest BCUT2D eigenvalue weighted by molar-refractivity contribution is 5.29. The van der Waals surface area contributed by atoms with Gasteiger partial charge in [0.15, 0.2) is 0 Å². The van der Waals surface area contributed by atoms with E-state index in [0.717, 1.165) is 5.56 Å². The molecule has 1 aromatic heterocycles. The molecule has 1 aliphatic rings. The molecule has 0 radical (unpaired) electrons. The van der Waals surface area contributed by atoms with Crippen molar-refractivity contribution in [2.24, 2.45) is 0 Å². The summed E-state index contributed by atoms with van der Waals surface area (Å²) in [5.74, 6) is 0.441. The van der Waals surface area contributed by atoms with Crippen molar-refractivity contribution >= 4 is 0 Å². The number of aromatic nitrogens is 1. The number of ether oxygens (including phenoxy) is 1. The Morgan fingerprint density at radius 1 is 1.50 bits per heavy atom. The fourth-order valence-corrected chi connectivity index (χ4v) is 1.38. The lowest BCUT2D eigenvalue weighted by atomic mass is 10.2. The zero-order valence-corrected chi connectivity index (χ0v) is 8.83. The first-order chi connectivity index (χ1) is 7.75. The maximum absolute atomic E-state index is 12.0. The van der Waals surface area contributed by atoms with Crippen LogP contribution in [0.4, 0.5) is 8.78 Å². The van der Waals surface area contributed by atoms with Gasteiger partial charge in [-0.15, -0.1) is 0 Å². The van der Waals surface area contributed by atoms with Gasteiger partial charge in [-0.05, 0) is 18.9 Å². The van der Waals surface area contributed by atoms with Crippen LogP contribution in [-0.4, -0.2) is 24.1 Å². The molecule has 1 fully saturated rings. The maximum atomic E-state index is 12.0. The van der Waals surface area contributed by atoms with Crippen molar-refractivity contribution in [2.75, 3.05) is 6.61 Å². The first-order valence-corrected chi connectivity index (χ1v) is 5.33. The fourth-order valence-electron chi connectivity index (χ4n) is 1.38. The SMILES string of the molecule is FC(F)COc1cnccc1CNC1CC1. The van der Waals surface area contributed by atoms with Gasteiger partial charge in [0, 0.05) is 24.3 Å². The van der Waals surface area contributed by atoms with Gasteiger partial charge < -0.3 is 10.1 Å². The Hall–Kier alpha value is -1.23. The second kappa shape index (κ2) is 5.21. The third kappa shape index (κ3) is 3.41. The molecule has 16 heavy (non-hydrogen) atoms. The number of rotatable bonds is 6. The third-order valence-corrected chi connectivity index (χ3v) is 2.39. The van der Waals surface area contributed by atoms with E-state index in [1.165, 1.54) is 19.0 Å². The molecule has 1 saturated carbocycles. The summed E-state index contributed by atoms with van der Waals surface area (Å²) in [6.45, 7) is 0.0634. The second-order valence-electron chi connectivity index (χ2n) is 3.84. The highest BCUT2D eigenvalue weighted by Crippen LogP contribution is 2.22. The summed E-state index contributed by atoms with van der Waals surface area (Å²) in [6, 6.07) is 2.37. The fraction of sp³-hybridized carbons (Fsp3) is 0.545. The Morgan fingerprint density at radius 3 is 3.00 bits per heavy atom. The molecule has 0 aromatic carbocycles. The summed E-state index contributed by atoms with van der Waals surface area (Å²) in [4.78, 5) is 3.87. The topological polar surface area (TPSA) is 34.1 Å². The number of nitrogens with one attached hydrogen (secondary N) is 1. The number of nitrogens with zero attached hydrogens (tertiary/aromatic N) is 1. The van der Waals surface area contributed by atoms with Crippen molar-refractivity contribution in [2.45, 2.75) is 31.9 Å². The molecule has 1 heterocycles. The van der Waals surface area contributed by atoms with Crippen LogP contribution in [-0.2, 0) is 6.54 Å². The van der Waals surface area contributed by atoms with Crippen LogP contribution < -0.4 is 10.1 Å². The van der Waals surface area contributed by atoms with Crippen LogP contribution in [0.1, 0.15) is 18.4 Å². The van der Waals surface area contributed by atoms with Crippen molar-refractivity contribution in [3.63, 3.8) is 0 Å². The molecule has 1 aromatic rings. The molecule has 5 heteroatoms. The third-order valence-electron chi connectivity index (χ3n) is 2.39. The molecule has 0 aliphatic heterocycles. The van der Waals surface area contributed by atoms with Gasteiger partial charge in [-0.2, -0.15) is 0 Å². The van der Waals surface area contributed by atoms with Gasteiger partial charge in [0.25, 0.3) is 6.43 Å². The van der Waals surface area contributed by atoms with E-state index in [4.69, 9.17) is 4.74 Å². The van der Waals surface area contributed by atoms with Crippen LogP contribution in [0.5, 0.6) is 5.75 Å². The van der Waals surface area contributed by atoms with E-state index in [9.17, 15) is 8.78 Å². The molecule has 88 valence electrons. The summed E-state index contributed by atoms with van der Waals surface area (Å²) in [5.41, 5.74) is 0.877. The van der Waals surface area contributed by atoms with E-state index in [0.29, 0.717) is 18.3 Å². The molecule has 0 atom stereocenters. The minimum absolute atomic E-state index is 0.441. The number of hydrogen-bond donors (Lipinski definition) is 1. The van der Waals surface area contributed by atoms with Gasteiger partial charge in [0.1, 0.15) is 12.4 Å². The summed E-state index contributed by atoms with van der Waals surface area (Å²) < 4.78 is 29.0. The maximum Gasteiger partial charge on any atom is 0.272 e. The van der Waals surface area contributed by atoms with Crippen LogP contribution in [0.25, 0.3) is 0 Å². The Balaban J connectivity index is 1.92. The van der Waals surface area contributed by atoms with Gasteiger partial charge in [0.2, 0.25) is 0 Å². The largest absolute Gasteiger partial charge is 0.486 e. The van der Waals surface area contributed by atoms with Crippen molar-refractivity contribution < 1.29 is 13.5 Å². The lowest BCUT2D eigenvalue weighted by Gasteiger charge is -2.10. The molecule has 3 nitrogen and oxygen atoms in total. The second-order valence-corrected chi connectivity index (χ2v) is 3.84. The van der Waals surface area contributed by atoms with E-state index in [2.05, 4.69) is 10.3 Å². The number of alkyl halides is 2. The van der Waals surface area contributed by atoms with Gasteiger partial charge in [-0.3, -0.25) is 4.98 Å².